The summed E-state index contributed by atoms with van der Waals surface area (Å²) in [5, 5.41) is 21.5. The third-order valence-corrected chi connectivity index (χ3v) is 5.46. The molecule has 22 heavy (non-hydrogen) atoms. The maximum Gasteiger partial charge on any atom is 0.206 e. The number of rotatable bonds is 6. The Balaban J connectivity index is 1.52. The third kappa shape index (κ3) is 3.97. The second-order valence-electron chi connectivity index (χ2n) is 4.95. The van der Waals surface area contributed by atoms with Crippen LogP contribution >= 0.6 is 23.1 Å². The number of thioether (sulfide) groups is 1. The van der Waals surface area contributed by atoms with Crippen molar-refractivity contribution in [3.63, 3.8) is 0 Å². The van der Waals surface area contributed by atoms with Gasteiger partial charge < -0.3 is 10.1 Å². The van der Waals surface area contributed by atoms with E-state index in [0.29, 0.717) is 6.10 Å². The van der Waals surface area contributed by atoms with Gasteiger partial charge in [0, 0.05) is 18.9 Å². The summed E-state index contributed by atoms with van der Waals surface area (Å²) >= 11 is 3.14. The fourth-order valence-electron chi connectivity index (χ4n) is 2.24. The van der Waals surface area contributed by atoms with Gasteiger partial charge >= 0.3 is 0 Å². The molecule has 0 bridgehead atoms. The van der Waals surface area contributed by atoms with Crippen LogP contribution in [0.1, 0.15) is 24.0 Å². The summed E-state index contributed by atoms with van der Waals surface area (Å²) in [6, 6.07) is 9.86. The maximum atomic E-state index is 9.09. The van der Waals surface area contributed by atoms with E-state index in [-0.39, 0.29) is 0 Å². The van der Waals surface area contributed by atoms with Crippen molar-refractivity contribution in [3.8, 4) is 6.07 Å². The zero-order valence-electron chi connectivity index (χ0n) is 12.0. The minimum atomic E-state index is 0.294. The number of hydrogen-bond acceptors (Lipinski definition) is 7. The first-order valence-corrected chi connectivity index (χ1v) is 8.95. The molecule has 3 rings (SSSR count). The van der Waals surface area contributed by atoms with Crippen molar-refractivity contribution < 1.29 is 4.74 Å². The molecule has 1 aliphatic heterocycles. The first-order chi connectivity index (χ1) is 10.8. The van der Waals surface area contributed by atoms with Crippen LogP contribution in [-0.4, -0.2) is 29.5 Å². The molecule has 0 spiro atoms. The van der Waals surface area contributed by atoms with E-state index < -0.39 is 0 Å². The molecule has 5 nitrogen and oxygen atoms in total. The summed E-state index contributed by atoms with van der Waals surface area (Å²) in [4.78, 5) is 0. The number of ether oxygens (including phenoxy) is 1. The Labute approximate surface area is 137 Å². The highest BCUT2D eigenvalue weighted by molar-refractivity contribution is 8.00. The topological polar surface area (TPSA) is 70.8 Å². The second kappa shape index (κ2) is 7.58. The van der Waals surface area contributed by atoms with Gasteiger partial charge in [-0.3, -0.25) is 0 Å². The Morgan fingerprint density at radius 1 is 1.41 bits per heavy atom. The second-order valence-corrected chi connectivity index (χ2v) is 7.15. The Hall–Kier alpha value is -1.62. The van der Waals surface area contributed by atoms with Crippen molar-refractivity contribution in [2.24, 2.45) is 0 Å². The van der Waals surface area contributed by atoms with E-state index >= 15 is 0 Å². The molecule has 0 radical (unpaired) electrons. The summed E-state index contributed by atoms with van der Waals surface area (Å²) in [6.07, 6.45) is 2.54. The predicted octanol–water partition coefficient (Wildman–Crippen LogP) is 3.29. The average Bonchev–Trinajstić information content (AvgIpc) is 3.22. The summed E-state index contributed by atoms with van der Waals surface area (Å²) in [5.74, 6) is 0.726. The van der Waals surface area contributed by atoms with Gasteiger partial charge in [0.15, 0.2) is 4.34 Å². The number of aromatic nitrogens is 2. The molecular formula is C15H16N4OS2. The van der Waals surface area contributed by atoms with Crippen LogP contribution in [-0.2, 0) is 10.5 Å². The number of nitriles is 1. The zero-order valence-corrected chi connectivity index (χ0v) is 13.6. The normalized spacial score (nSPS) is 17.3. The molecule has 1 aromatic carbocycles. The lowest BCUT2D eigenvalue weighted by atomic mass is 10.1. The van der Waals surface area contributed by atoms with Gasteiger partial charge in [-0.05, 0) is 24.5 Å². The van der Waals surface area contributed by atoms with E-state index in [9.17, 15) is 0 Å². The van der Waals surface area contributed by atoms with Crippen molar-refractivity contribution in [1.82, 2.24) is 10.2 Å². The highest BCUT2D eigenvalue weighted by Gasteiger charge is 2.16. The fraction of sp³-hybridized carbons (Fsp3) is 0.400. The molecule has 1 unspecified atom stereocenters. The number of nitrogens with zero attached hydrogens (tertiary/aromatic N) is 3. The van der Waals surface area contributed by atoms with Crippen LogP contribution in [0.2, 0.25) is 0 Å². The Bertz CT molecular complexity index is 662. The number of benzene rings is 1. The van der Waals surface area contributed by atoms with Gasteiger partial charge in [0.1, 0.15) is 0 Å². The molecule has 1 saturated heterocycles. The molecular weight excluding hydrogens is 316 g/mol. The molecule has 2 heterocycles. The Kier molecular flexibility index (Phi) is 5.27. The molecule has 1 N–H and O–H groups in total. The number of hydrogen-bond donors (Lipinski definition) is 1. The first-order valence-electron chi connectivity index (χ1n) is 7.15. The molecule has 7 heteroatoms. The van der Waals surface area contributed by atoms with Gasteiger partial charge in [0.05, 0.1) is 17.7 Å². The molecule has 2 aromatic rings. The lowest BCUT2D eigenvalue weighted by molar-refractivity contribution is 0.120. The Morgan fingerprint density at radius 3 is 3.14 bits per heavy atom. The van der Waals surface area contributed by atoms with Crippen LogP contribution in [0.3, 0.4) is 0 Å². The number of anilines is 1. The van der Waals surface area contributed by atoms with E-state index in [1.54, 1.807) is 23.1 Å². The summed E-state index contributed by atoms with van der Waals surface area (Å²) < 4.78 is 6.48. The smallest absolute Gasteiger partial charge is 0.206 e. The minimum absolute atomic E-state index is 0.294. The third-order valence-electron chi connectivity index (χ3n) is 3.40. The monoisotopic (exact) mass is 332 g/mol. The van der Waals surface area contributed by atoms with Crippen LogP contribution in [0.15, 0.2) is 28.6 Å². The van der Waals surface area contributed by atoms with Crippen molar-refractivity contribution in [2.75, 3.05) is 18.5 Å². The van der Waals surface area contributed by atoms with Crippen LogP contribution in [0.25, 0.3) is 0 Å². The standard InChI is InChI=1S/C15H16N4OS2/c16-8-11-4-1-2-5-12(11)10-21-15-19-18-14(22-15)17-9-13-6-3-7-20-13/h1-2,4-5,13H,3,6-7,9-10H2,(H,17,18). The molecule has 0 saturated carbocycles. The predicted molar refractivity (Wildman–Crippen MR) is 88.1 cm³/mol. The highest BCUT2D eigenvalue weighted by Crippen LogP contribution is 2.29. The maximum absolute atomic E-state index is 9.09. The van der Waals surface area contributed by atoms with E-state index in [4.69, 9.17) is 10.00 Å². The molecule has 1 aromatic heterocycles. The quantitative estimate of drug-likeness (QED) is 0.819. The van der Waals surface area contributed by atoms with Gasteiger partial charge in [-0.25, -0.2) is 0 Å². The minimum Gasteiger partial charge on any atom is -0.376 e. The zero-order chi connectivity index (χ0) is 15.2. The lowest BCUT2D eigenvalue weighted by Crippen LogP contribution is -2.18. The fourth-order valence-corrected chi connectivity index (χ4v) is 4.00. The molecule has 1 atom stereocenters. The first kappa shape index (κ1) is 15.3. The largest absolute Gasteiger partial charge is 0.376 e. The molecule has 0 aliphatic carbocycles. The molecule has 1 aliphatic rings. The van der Waals surface area contributed by atoms with Crippen LogP contribution < -0.4 is 5.32 Å². The van der Waals surface area contributed by atoms with E-state index in [1.807, 2.05) is 24.3 Å². The summed E-state index contributed by atoms with van der Waals surface area (Å²) in [6.45, 7) is 1.65. The molecule has 114 valence electrons. The van der Waals surface area contributed by atoms with Crippen LogP contribution in [0.4, 0.5) is 5.13 Å². The van der Waals surface area contributed by atoms with E-state index in [2.05, 4.69) is 21.6 Å². The SMILES string of the molecule is N#Cc1ccccc1CSc1nnc(NCC2CCCO2)s1. The van der Waals surface area contributed by atoms with Gasteiger partial charge in [0.25, 0.3) is 0 Å². The summed E-state index contributed by atoms with van der Waals surface area (Å²) in [7, 11) is 0. The van der Waals surface area contributed by atoms with Crippen molar-refractivity contribution in [2.45, 2.75) is 29.0 Å². The average molecular weight is 332 g/mol. The molecule has 0 amide bonds. The molecule has 1 fully saturated rings. The van der Waals surface area contributed by atoms with Crippen LogP contribution in [0, 0.1) is 11.3 Å². The van der Waals surface area contributed by atoms with Crippen molar-refractivity contribution in [3.05, 3.63) is 35.4 Å². The highest BCUT2D eigenvalue weighted by atomic mass is 32.2. The van der Waals surface area contributed by atoms with E-state index in [0.717, 1.165) is 52.3 Å². The van der Waals surface area contributed by atoms with Gasteiger partial charge in [-0.15, -0.1) is 10.2 Å². The lowest BCUT2D eigenvalue weighted by Gasteiger charge is -2.08. The van der Waals surface area contributed by atoms with Crippen LogP contribution in [0.5, 0.6) is 0 Å². The van der Waals surface area contributed by atoms with Gasteiger partial charge in [-0.2, -0.15) is 5.26 Å². The summed E-state index contributed by atoms with van der Waals surface area (Å²) in [5.41, 5.74) is 1.75. The van der Waals surface area contributed by atoms with Crippen molar-refractivity contribution in [1.29, 1.82) is 5.26 Å². The van der Waals surface area contributed by atoms with Gasteiger partial charge in [0.2, 0.25) is 5.13 Å². The van der Waals surface area contributed by atoms with E-state index in [1.165, 1.54) is 0 Å². The van der Waals surface area contributed by atoms with Gasteiger partial charge in [-0.1, -0.05) is 41.3 Å². The number of nitrogens with one attached hydrogen (secondary N) is 1. The Morgan fingerprint density at radius 2 is 2.32 bits per heavy atom. The van der Waals surface area contributed by atoms with Crippen molar-refractivity contribution >= 4 is 28.2 Å².